The summed E-state index contributed by atoms with van der Waals surface area (Å²) in [5.74, 6) is -1.92. The van der Waals surface area contributed by atoms with E-state index in [0.29, 0.717) is 0 Å². The van der Waals surface area contributed by atoms with Crippen LogP contribution in [-0.4, -0.2) is 5.21 Å². The lowest BCUT2D eigenvalue weighted by molar-refractivity contribution is 0.387. The molecule has 0 spiro atoms. The van der Waals surface area contributed by atoms with E-state index in [-0.39, 0.29) is 5.69 Å². The second kappa shape index (κ2) is 2.62. The summed E-state index contributed by atoms with van der Waals surface area (Å²) in [6, 6.07) is 3.00. The van der Waals surface area contributed by atoms with Gasteiger partial charge in [0.25, 0.3) is 0 Å². The van der Waals surface area contributed by atoms with Crippen LogP contribution < -0.4 is 5.48 Å². The standard InChI is InChI=1S/C6H5F2NO/c7-5-2-1-4(9-10)3-6(5)8/h1-3,9-10H. The van der Waals surface area contributed by atoms with E-state index in [0.717, 1.165) is 12.1 Å². The predicted octanol–water partition coefficient (Wildman–Crippen LogP) is 1.77. The molecule has 4 heteroatoms. The van der Waals surface area contributed by atoms with Gasteiger partial charge in [-0.15, -0.1) is 0 Å². The Morgan fingerprint density at radius 1 is 1.20 bits per heavy atom. The van der Waals surface area contributed by atoms with Gasteiger partial charge in [0, 0.05) is 6.07 Å². The molecule has 0 atom stereocenters. The van der Waals surface area contributed by atoms with Crippen LogP contribution in [0.5, 0.6) is 0 Å². The number of hydrogen-bond donors (Lipinski definition) is 2. The molecule has 54 valence electrons. The predicted molar refractivity (Wildman–Crippen MR) is 31.8 cm³/mol. The van der Waals surface area contributed by atoms with E-state index in [1.807, 2.05) is 0 Å². The van der Waals surface area contributed by atoms with Crippen LogP contribution >= 0.6 is 0 Å². The molecule has 10 heavy (non-hydrogen) atoms. The summed E-state index contributed by atoms with van der Waals surface area (Å²) in [7, 11) is 0. The molecule has 1 rings (SSSR count). The number of rotatable bonds is 1. The van der Waals surface area contributed by atoms with Crippen molar-refractivity contribution < 1.29 is 14.0 Å². The van der Waals surface area contributed by atoms with Crippen LogP contribution in [-0.2, 0) is 0 Å². The summed E-state index contributed by atoms with van der Waals surface area (Å²) in [4.78, 5) is 0. The third kappa shape index (κ3) is 1.22. The second-order valence-corrected chi connectivity index (χ2v) is 1.74. The molecule has 0 unspecified atom stereocenters. The molecule has 0 aliphatic rings. The van der Waals surface area contributed by atoms with Crippen molar-refractivity contribution in [2.45, 2.75) is 0 Å². The molecule has 0 aliphatic heterocycles. The van der Waals surface area contributed by atoms with Crippen LogP contribution in [0.2, 0.25) is 0 Å². The second-order valence-electron chi connectivity index (χ2n) is 1.74. The zero-order chi connectivity index (χ0) is 7.56. The molecule has 0 aliphatic carbocycles. The van der Waals surface area contributed by atoms with Gasteiger partial charge in [0.1, 0.15) is 0 Å². The van der Waals surface area contributed by atoms with Crippen LogP contribution in [0, 0.1) is 11.6 Å². The third-order valence-electron chi connectivity index (χ3n) is 1.05. The smallest absolute Gasteiger partial charge is 0.160 e. The summed E-state index contributed by atoms with van der Waals surface area (Å²) in [6.07, 6.45) is 0. The van der Waals surface area contributed by atoms with Gasteiger partial charge < -0.3 is 0 Å². The Bertz CT molecular complexity index is 239. The fraction of sp³-hybridized carbons (Fsp3) is 0. The quantitative estimate of drug-likeness (QED) is 0.590. The fourth-order valence-corrected chi connectivity index (χ4v) is 0.566. The molecule has 0 radical (unpaired) electrons. The summed E-state index contributed by atoms with van der Waals surface area (Å²) < 4.78 is 24.4. The Labute approximate surface area is 56.1 Å². The SMILES string of the molecule is ONc1ccc(F)c(F)c1. The van der Waals surface area contributed by atoms with Gasteiger partial charge in [-0.05, 0) is 12.1 Å². The van der Waals surface area contributed by atoms with Crippen molar-refractivity contribution in [3.63, 3.8) is 0 Å². The van der Waals surface area contributed by atoms with E-state index in [2.05, 4.69) is 0 Å². The van der Waals surface area contributed by atoms with Crippen LogP contribution in [0.3, 0.4) is 0 Å². The minimum absolute atomic E-state index is 0.124. The van der Waals surface area contributed by atoms with Crippen LogP contribution in [0.1, 0.15) is 0 Å². The normalized spacial score (nSPS) is 9.50. The summed E-state index contributed by atoms with van der Waals surface area (Å²) in [5, 5.41) is 8.21. The number of nitrogens with one attached hydrogen (secondary N) is 1. The highest BCUT2D eigenvalue weighted by molar-refractivity contribution is 5.40. The molecule has 0 amide bonds. The Hall–Kier alpha value is -1.16. The summed E-state index contributed by atoms with van der Waals surface area (Å²) in [5.41, 5.74) is 1.81. The third-order valence-corrected chi connectivity index (χ3v) is 1.05. The number of hydrogen-bond acceptors (Lipinski definition) is 2. The Kier molecular flexibility index (Phi) is 1.82. The Morgan fingerprint density at radius 3 is 2.40 bits per heavy atom. The average Bonchev–Trinajstić information content (AvgIpc) is 1.95. The largest absolute Gasteiger partial charge is 0.291 e. The summed E-state index contributed by atoms with van der Waals surface area (Å²) >= 11 is 0. The lowest BCUT2D eigenvalue weighted by atomic mass is 10.3. The first kappa shape index (κ1) is 6.95. The average molecular weight is 145 g/mol. The molecular weight excluding hydrogens is 140 g/mol. The van der Waals surface area contributed by atoms with Gasteiger partial charge in [-0.25, -0.2) is 8.78 Å². The highest BCUT2D eigenvalue weighted by Crippen LogP contribution is 2.11. The molecule has 1 aromatic carbocycles. The van der Waals surface area contributed by atoms with Gasteiger partial charge in [-0.3, -0.25) is 10.7 Å². The van der Waals surface area contributed by atoms with Gasteiger partial charge >= 0.3 is 0 Å². The van der Waals surface area contributed by atoms with E-state index >= 15 is 0 Å². The van der Waals surface area contributed by atoms with E-state index in [4.69, 9.17) is 5.21 Å². The molecule has 0 heterocycles. The van der Waals surface area contributed by atoms with Crippen molar-refractivity contribution in [3.8, 4) is 0 Å². The Balaban J connectivity index is 3.04. The first-order valence-corrected chi connectivity index (χ1v) is 2.59. The minimum Gasteiger partial charge on any atom is -0.291 e. The van der Waals surface area contributed by atoms with Crippen molar-refractivity contribution in [2.75, 3.05) is 5.48 Å². The molecular formula is C6H5F2NO. The maximum absolute atomic E-state index is 12.2. The lowest BCUT2D eigenvalue weighted by Crippen LogP contribution is -1.91. The van der Waals surface area contributed by atoms with Gasteiger partial charge in [-0.2, -0.15) is 0 Å². The highest BCUT2D eigenvalue weighted by atomic mass is 19.2. The molecule has 0 saturated carbocycles. The van der Waals surface area contributed by atoms with Gasteiger partial charge in [-0.1, -0.05) is 0 Å². The topological polar surface area (TPSA) is 32.3 Å². The molecule has 0 bridgehead atoms. The van der Waals surface area contributed by atoms with Crippen molar-refractivity contribution >= 4 is 5.69 Å². The van der Waals surface area contributed by atoms with Crippen molar-refractivity contribution in [2.24, 2.45) is 0 Å². The van der Waals surface area contributed by atoms with Gasteiger partial charge in [0.05, 0.1) is 5.69 Å². The van der Waals surface area contributed by atoms with E-state index in [9.17, 15) is 8.78 Å². The maximum atomic E-state index is 12.2. The van der Waals surface area contributed by atoms with E-state index in [1.165, 1.54) is 6.07 Å². The van der Waals surface area contributed by atoms with Crippen molar-refractivity contribution in [3.05, 3.63) is 29.8 Å². The first-order chi connectivity index (χ1) is 4.74. The monoisotopic (exact) mass is 145 g/mol. The van der Waals surface area contributed by atoms with Gasteiger partial charge in [0.2, 0.25) is 0 Å². The number of anilines is 1. The van der Waals surface area contributed by atoms with E-state index < -0.39 is 11.6 Å². The zero-order valence-electron chi connectivity index (χ0n) is 4.94. The van der Waals surface area contributed by atoms with Crippen molar-refractivity contribution in [1.82, 2.24) is 0 Å². The Morgan fingerprint density at radius 2 is 1.90 bits per heavy atom. The van der Waals surface area contributed by atoms with Crippen LogP contribution in [0.15, 0.2) is 18.2 Å². The number of halogens is 2. The lowest BCUT2D eigenvalue weighted by Gasteiger charge is -1.97. The molecule has 1 aromatic rings. The first-order valence-electron chi connectivity index (χ1n) is 2.59. The van der Waals surface area contributed by atoms with Gasteiger partial charge in [0.15, 0.2) is 11.6 Å². The number of benzene rings is 1. The maximum Gasteiger partial charge on any atom is 0.160 e. The molecule has 0 aromatic heterocycles. The van der Waals surface area contributed by atoms with Crippen LogP contribution in [0.25, 0.3) is 0 Å². The van der Waals surface area contributed by atoms with Crippen molar-refractivity contribution in [1.29, 1.82) is 0 Å². The fourth-order valence-electron chi connectivity index (χ4n) is 0.566. The molecule has 2 nitrogen and oxygen atoms in total. The summed E-state index contributed by atoms with van der Waals surface area (Å²) in [6.45, 7) is 0. The van der Waals surface area contributed by atoms with Crippen LogP contribution in [0.4, 0.5) is 14.5 Å². The zero-order valence-corrected chi connectivity index (χ0v) is 4.94. The molecule has 0 saturated heterocycles. The highest BCUT2D eigenvalue weighted by Gasteiger charge is 1.99. The molecule has 0 fully saturated rings. The minimum atomic E-state index is -0.987. The molecule has 2 N–H and O–H groups in total. The van der Waals surface area contributed by atoms with E-state index in [1.54, 1.807) is 5.48 Å².